The molecule has 0 saturated carbocycles. The van der Waals surface area contributed by atoms with E-state index in [9.17, 15) is 14.7 Å². The zero-order valence-electron chi connectivity index (χ0n) is 19.9. The van der Waals surface area contributed by atoms with Gasteiger partial charge in [0.2, 0.25) is 11.8 Å². The SMILES string of the molecule is CC(=O)NCC1CCN(C(=O)CCc2cc(C(C)(C)C)c(O)c(C(C)(C)C)c2)CC1. The fourth-order valence-corrected chi connectivity index (χ4v) is 4.07. The molecular weight excluding hydrogens is 376 g/mol. The number of piperidine rings is 1. The minimum atomic E-state index is -0.167. The third-order valence-corrected chi connectivity index (χ3v) is 6.02. The van der Waals surface area contributed by atoms with Crippen molar-refractivity contribution in [3.05, 3.63) is 28.8 Å². The van der Waals surface area contributed by atoms with Crippen LogP contribution in [0.15, 0.2) is 12.1 Å². The van der Waals surface area contributed by atoms with Crippen LogP contribution in [-0.2, 0) is 26.8 Å². The Labute approximate surface area is 182 Å². The number of phenols is 1. The Morgan fingerprint density at radius 1 is 1.03 bits per heavy atom. The molecule has 0 spiro atoms. The van der Waals surface area contributed by atoms with Gasteiger partial charge in [0.25, 0.3) is 0 Å². The summed E-state index contributed by atoms with van der Waals surface area (Å²) in [7, 11) is 0. The molecule has 0 aromatic heterocycles. The van der Waals surface area contributed by atoms with Crippen LogP contribution < -0.4 is 5.32 Å². The molecule has 5 heteroatoms. The summed E-state index contributed by atoms with van der Waals surface area (Å²) < 4.78 is 0. The van der Waals surface area contributed by atoms with Crippen LogP contribution in [0.5, 0.6) is 5.75 Å². The minimum absolute atomic E-state index is 0.00616. The molecule has 2 amide bonds. The van der Waals surface area contributed by atoms with E-state index in [0.29, 0.717) is 31.1 Å². The van der Waals surface area contributed by atoms with E-state index in [0.717, 1.165) is 42.6 Å². The first-order valence-electron chi connectivity index (χ1n) is 11.2. The van der Waals surface area contributed by atoms with Gasteiger partial charge in [-0.25, -0.2) is 0 Å². The van der Waals surface area contributed by atoms with Gasteiger partial charge in [0.15, 0.2) is 0 Å². The lowest BCUT2D eigenvalue weighted by atomic mass is 9.78. The van der Waals surface area contributed by atoms with Crippen LogP contribution in [0.1, 0.15) is 84.4 Å². The third kappa shape index (κ3) is 6.48. The summed E-state index contributed by atoms with van der Waals surface area (Å²) in [6, 6.07) is 4.13. The maximum absolute atomic E-state index is 12.8. The first-order valence-corrected chi connectivity index (χ1v) is 11.2. The number of nitrogens with one attached hydrogen (secondary N) is 1. The van der Waals surface area contributed by atoms with E-state index in [1.807, 2.05) is 4.90 Å². The third-order valence-electron chi connectivity index (χ3n) is 6.02. The lowest BCUT2D eigenvalue weighted by Crippen LogP contribution is -2.41. The average molecular weight is 417 g/mol. The highest BCUT2D eigenvalue weighted by Crippen LogP contribution is 2.40. The fraction of sp³-hybridized carbons (Fsp3) is 0.680. The standard InChI is InChI=1S/C25H40N2O3/c1-17(28)26-16-18-10-12-27(13-11-18)22(29)9-8-19-14-20(24(2,3)4)23(30)21(15-19)25(5,6)7/h14-15,18,30H,8-13,16H2,1-7H3,(H,26,28). The van der Waals surface area contributed by atoms with Gasteiger partial charge in [-0.15, -0.1) is 0 Å². The number of carbonyl (C=O) groups excluding carboxylic acids is 2. The summed E-state index contributed by atoms with van der Waals surface area (Å²) in [5.74, 6) is 1.03. The molecule has 1 aromatic carbocycles. The molecule has 1 aliphatic rings. The Hall–Kier alpha value is -2.04. The van der Waals surface area contributed by atoms with Crippen molar-refractivity contribution in [1.82, 2.24) is 10.2 Å². The smallest absolute Gasteiger partial charge is 0.222 e. The van der Waals surface area contributed by atoms with E-state index in [-0.39, 0.29) is 22.6 Å². The molecule has 0 atom stereocenters. The second-order valence-corrected chi connectivity index (χ2v) is 10.8. The van der Waals surface area contributed by atoms with E-state index in [4.69, 9.17) is 0 Å². The van der Waals surface area contributed by atoms with Gasteiger partial charge >= 0.3 is 0 Å². The number of hydrogen-bond acceptors (Lipinski definition) is 3. The second-order valence-electron chi connectivity index (χ2n) is 10.8. The van der Waals surface area contributed by atoms with Gasteiger partial charge in [0.1, 0.15) is 5.75 Å². The normalized spacial score (nSPS) is 15.9. The molecule has 0 radical (unpaired) electrons. The van der Waals surface area contributed by atoms with Crippen LogP contribution in [0.25, 0.3) is 0 Å². The Morgan fingerprint density at radius 2 is 1.53 bits per heavy atom. The van der Waals surface area contributed by atoms with Crippen molar-refractivity contribution in [2.24, 2.45) is 5.92 Å². The number of nitrogens with zero attached hydrogens (tertiary/aromatic N) is 1. The van der Waals surface area contributed by atoms with Gasteiger partial charge in [0, 0.05) is 33.0 Å². The Balaban J connectivity index is 2.03. The van der Waals surface area contributed by atoms with Crippen LogP contribution in [0, 0.1) is 5.92 Å². The van der Waals surface area contributed by atoms with Crippen molar-refractivity contribution >= 4 is 11.8 Å². The number of rotatable bonds is 5. The van der Waals surface area contributed by atoms with Crippen molar-refractivity contribution in [3.8, 4) is 5.75 Å². The highest BCUT2D eigenvalue weighted by atomic mass is 16.3. The Morgan fingerprint density at radius 3 is 1.97 bits per heavy atom. The maximum atomic E-state index is 12.8. The number of likely N-dealkylation sites (tertiary alicyclic amines) is 1. The quantitative estimate of drug-likeness (QED) is 0.752. The van der Waals surface area contributed by atoms with Gasteiger partial charge in [-0.1, -0.05) is 53.7 Å². The van der Waals surface area contributed by atoms with Crippen LogP contribution in [0.3, 0.4) is 0 Å². The predicted octanol–water partition coefficient (Wildman–Crippen LogP) is 4.29. The average Bonchev–Trinajstić information content (AvgIpc) is 2.63. The summed E-state index contributed by atoms with van der Waals surface area (Å²) in [5, 5.41) is 13.7. The molecule has 1 aromatic rings. The number of phenolic OH excluding ortho intramolecular Hbond substituents is 1. The highest BCUT2D eigenvalue weighted by molar-refractivity contribution is 5.76. The highest BCUT2D eigenvalue weighted by Gasteiger charge is 2.27. The summed E-state index contributed by atoms with van der Waals surface area (Å²) in [5.41, 5.74) is 2.66. The zero-order valence-corrected chi connectivity index (χ0v) is 19.9. The van der Waals surface area contributed by atoms with Crippen LogP contribution in [0.4, 0.5) is 0 Å². The van der Waals surface area contributed by atoms with Gasteiger partial charge < -0.3 is 15.3 Å². The summed E-state index contributed by atoms with van der Waals surface area (Å²) >= 11 is 0. The number of hydrogen-bond donors (Lipinski definition) is 2. The number of benzene rings is 1. The zero-order chi connectivity index (χ0) is 22.7. The van der Waals surface area contributed by atoms with Crippen molar-refractivity contribution in [2.75, 3.05) is 19.6 Å². The van der Waals surface area contributed by atoms with Crippen LogP contribution >= 0.6 is 0 Å². The first kappa shape index (κ1) is 24.2. The molecule has 0 aliphatic carbocycles. The van der Waals surface area contributed by atoms with Crippen LogP contribution in [0.2, 0.25) is 0 Å². The van der Waals surface area contributed by atoms with E-state index in [2.05, 4.69) is 59.0 Å². The van der Waals surface area contributed by atoms with Gasteiger partial charge in [-0.05, 0) is 52.7 Å². The van der Waals surface area contributed by atoms with Crippen LogP contribution in [-0.4, -0.2) is 41.5 Å². The van der Waals surface area contributed by atoms with Crippen molar-refractivity contribution in [3.63, 3.8) is 0 Å². The summed E-state index contributed by atoms with van der Waals surface area (Å²) in [4.78, 5) is 25.8. The Bertz CT molecular complexity index is 729. The van der Waals surface area contributed by atoms with Crippen molar-refractivity contribution < 1.29 is 14.7 Å². The van der Waals surface area contributed by atoms with E-state index in [1.54, 1.807) is 0 Å². The monoisotopic (exact) mass is 416 g/mol. The van der Waals surface area contributed by atoms with Gasteiger partial charge in [-0.2, -0.15) is 0 Å². The number of aromatic hydroxyl groups is 1. The molecule has 1 aliphatic heterocycles. The predicted molar refractivity (Wildman–Crippen MR) is 122 cm³/mol. The first-order chi connectivity index (χ1) is 13.8. The van der Waals surface area contributed by atoms with E-state index < -0.39 is 0 Å². The lowest BCUT2D eigenvalue weighted by molar-refractivity contribution is -0.132. The molecule has 2 N–H and O–H groups in total. The summed E-state index contributed by atoms with van der Waals surface area (Å²) in [6.45, 7) is 16.4. The Kier molecular flexibility index (Phi) is 7.59. The summed E-state index contributed by atoms with van der Waals surface area (Å²) in [6.07, 6.45) is 3.03. The molecule has 0 bridgehead atoms. The molecule has 30 heavy (non-hydrogen) atoms. The van der Waals surface area contributed by atoms with Gasteiger partial charge in [-0.3, -0.25) is 9.59 Å². The second kappa shape index (κ2) is 9.40. The van der Waals surface area contributed by atoms with E-state index in [1.165, 1.54) is 6.92 Å². The fourth-order valence-electron chi connectivity index (χ4n) is 4.07. The lowest BCUT2D eigenvalue weighted by Gasteiger charge is -2.32. The molecule has 5 nitrogen and oxygen atoms in total. The maximum Gasteiger partial charge on any atom is 0.222 e. The van der Waals surface area contributed by atoms with Gasteiger partial charge in [0.05, 0.1) is 0 Å². The molecule has 168 valence electrons. The topological polar surface area (TPSA) is 69.6 Å². The number of carbonyl (C=O) groups is 2. The molecule has 1 fully saturated rings. The van der Waals surface area contributed by atoms with Crippen molar-refractivity contribution in [1.29, 1.82) is 0 Å². The molecule has 1 heterocycles. The molecule has 1 saturated heterocycles. The molecule has 0 unspecified atom stereocenters. The molecular formula is C25H40N2O3. The largest absolute Gasteiger partial charge is 0.507 e. The minimum Gasteiger partial charge on any atom is -0.507 e. The number of amides is 2. The van der Waals surface area contributed by atoms with Crippen molar-refractivity contribution in [2.45, 2.75) is 85.0 Å². The number of aryl methyl sites for hydroxylation is 1. The molecule has 2 rings (SSSR count). The van der Waals surface area contributed by atoms with E-state index >= 15 is 0 Å².